The van der Waals surface area contributed by atoms with Gasteiger partial charge in [0, 0.05) is 12.5 Å². The molecule has 0 aliphatic carbocycles. The smallest absolute Gasteiger partial charge is 0.297 e. The van der Waals surface area contributed by atoms with E-state index in [4.69, 9.17) is 4.42 Å². The van der Waals surface area contributed by atoms with Crippen molar-refractivity contribution in [3.05, 3.63) is 122 Å². The van der Waals surface area contributed by atoms with Gasteiger partial charge in [-0.1, -0.05) is 71.5 Å². The van der Waals surface area contributed by atoms with Crippen molar-refractivity contribution < 1.29 is 18.8 Å². The molecule has 1 atom stereocenters. The summed E-state index contributed by atoms with van der Waals surface area (Å²) in [6.45, 7) is 5.33. The zero-order valence-electron chi connectivity index (χ0n) is 22.4. The third kappa shape index (κ3) is 3.35. The topological polar surface area (TPSA) is 101 Å². The largest absolute Gasteiger partial charge is 0.450 e. The van der Waals surface area contributed by atoms with Gasteiger partial charge in [0.25, 0.3) is 11.8 Å². The second-order valence-corrected chi connectivity index (χ2v) is 11.3. The Morgan fingerprint density at radius 2 is 1.66 bits per heavy atom. The molecule has 0 N–H and O–H groups in total. The molecular weight excluding hydrogens is 538 g/mol. The number of rotatable bonds is 4. The first kappa shape index (κ1) is 25.1. The van der Waals surface area contributed by atoms with E-state index in [1.165, 1.54) is 11.8 Å². The quantitative estimate of drug-likeness (QED) is 0.268. The number of thiazole rings is 1. The molecule has 2 aromatic heterocycles. The van der Waals surface area contributed by atoms with Crippen LogP contribution in [0, 0.1) is 13.8 Å². The molecule has 5 aromatic rings. The van der Waals surface area contributed by atoms with Crippen LogP contribution in [0.5, 0.6) is 0 Å². The predicted octanol–water partition coefficient (Wildman–Crippen LogP) is 5.52. The molecule has 0 fully saturated rings. The second-order valence-electron chi connectivity index (χ2n) is 10.3. The van der Waals surface area contributed by atoms with Crippen LogP contribution in [0.1, 0.15) is 55.1 Å². The third-order valence-corrected chi connectivity index (χ3v) is 9.03. The number of aryl methyl sites for hydroxylation is 2. The molecule has 1 unspecified atom stereocenters. The zero-order chi connectivity index (χ0) is 28.6. The lowest BCUT2D eigenvalue weighted by Crippen LogP contribution is -2.53. The Labute approximate surface area is 238 Å². The standard InChI is InChI=1S/C32H23N3O5S/c1-17-12-14-20(15-13-17)16-34-23-10-6-5-9-22(23)32(30(34)39)25-26(37)21-8-4-7-11-24(21)40-27(25)29(38)35(32)31-33-18(2)28(41-31)19(3)36/h4-15H,16H2,1-3H3. The normalized spacial score (nSPS) is 17.5. The van der Waals surface area contributed by atoms with Crippen LogP contribution in [0.3, 0.4) is 0 Å². The van der Waals surface area contributed by atoms with Crippen LogP contribution in [0.25, 0.3) is 11.0 Å². The van der Waals surface area contributed by atoms with Crippen LogP contribution in [0.4, 0.5) is 10.8 Å². The number of ketones is 1. The van der Waals surface area contributed by atoms with Gasteiger partial charge in [0.05, 0.1) is 33.8 Å². The maximum Gasteiger partial charge on any atom is 0.297 e. The molecular formula is C32H23N3O5S. The Bertz CT molecular complexity index is 2010. The molecule has 4 heterocycles. The maximum absolute atomic E-state index is 14.9. The molecule has 7 rings (SSSR count). The summed E-state index contributed by atoms with van der Waals surface area (Å²) in [6.07, 6.45) is 0. The summed E-state index contributed by atoms with van der Waals surface area (Å²) in [5.74, 6) is -1.53. The van der Waals surface area contributed by atoms with E-state index in [0.717, 1.165) is 22.5 Å². The monoisotopic (exact) mass is 561 g/mol. The molecule has 41 heavy (non-hydrogen) atoms. The lowest BCUT2D eigenvalue weighted by molar-refractivity contribution is -0.121. The predicted molar refractivity (Wildman–Crippen MR) is 156 cm³/mol. The minimum absolute atomic E-state index is 0.0396. The number of aromatic nitrogens is 1. The summed E-state index contributed by atoms with van der Waals surface area (Å²) in [5.41, 5.74) is 1.36. The third-order valence-electron chi connectivity index (χ3n) is 7.79. The van der Waals surface area contributed by atoms with Crippen molar-refractivity contribution in [3.8, 4) is 0 Å². The van der Waals surface area contributed by atoms with E-state index in [2.05, 4.69) is 4.98 Å². The number of Topliss-reactive ketones (excluding diaryl/α,β-unsaturated/α-hetero) is 1. The van der Waals surface area contributed by atoms with Crippen LogP contribution >= 0.6 is 11.3 Å². The molecule has 0 radical (unpaired) electrons. The van der Waals surface area contributed by atoms with Gasteiger partial charge < -0.3 is 9.32 Å². The van der Waals surface area contributed by atoms with Crippen molar-refractivity contribution in [1.82, 2.24) is 4.98 Å². The van der Waals surface area contributed by atoms with Gasteiger partial charge in [-0.05, 0) is 37.6 Å². The van der Waals surface area contributed by atoms with Gasteiger partial charge in [-0.25, -0.2) is 4.98 Å². The van der Waals surface area contributed by atoms with Crippen LogP contribution < -0.4 is 15.2 Å². The summed E-state index contributed by atoms with van der Waals surface area (Å²) in [4.78, 5) is 63.7. The summed E-state index contributed by atoms with van der Waals surface area (Å²) in [7, 11) is 0. The fraction of sp³-hybridized carbons (Fsp3) is 0.156. The number of hydrogen-bond acceptors (Lipinski definition) is 7. The Kier molecular flexibility index (Phi) is 5.39. The first-order valence-corrected chi connectivity index (χ1v) is 13.9. The highest BCUT2D eigenvalue weighted by Crippen LogP contribution is 2.55. The number of anilines is 2. The van der Waals surface area contributed by atoms with Crippen molar-refractivity contribution in [2.75, 3.05) is 9.80 Å². The molecule has 0 saturated carbocycles. The van der Waals surface area contributed by atoms with Crippen molar-refractivity contribution in [2.24, 2.45) is 0 Å². The van der Waals surface area contributed by atoms with Crippen molar-refractivity contribution in [3.63, 3.8) is 0 Å². The van der Waals surface area contributed by atoms with E-state index < -0.39 is 22.8 Å². The Morgan fingerprint density at radius 1 is 0.951 bits per heavy atom. The molecule has 2 aliphatic rings. The Balaban J connectivity index is 1.55. The van der Waals surface area contributed by atoms with Crippen molar-refractivity contribution in [1.29, 1.82) is 0 Å². The van der Waals surface area contributed by atoms with Gasteiger partial charge in [0.2, 0.25) is 5.76 Å². The SMILES string of the molecule is CC(=O)c1sc(N2C(=O)c3oc4ccccc4c(=O)c3C23C(=O)N(Cc2ccc(C)cc2)c2ccccc23)nc1C. The molecule has 0 saturated heterocycles. The molecule has 1 spiro atoms. The van der Waals surface area contributed by atoms with Crippen LogP contribution in [-0.2, 0) is 16.9 Å². The molecule has 3 aromatic carbocycles. The number of hydrogen-bond donors (Lipinski definition) is 0. The number of carbonyl (C=O) groups excluding carboxylic acids is 3. The lowest BCUT2D eigenvalue weighted by atomic mass is 9.84. The van der Waals surface area contributed by atoms with Gasteiger partial charge in [0.15, 0.2) is 21.9 Å². The Morgan fingerprint density at radius 3 is 2.39 bits per heavy atom. The van der Waals surface area contributed by atoms with Crippen LogP contribution in [-0.4, -0.2) is 22.6 Å². The van der Waals surface area contributed by atoms with E-state index in [1.807, 2.05) is 43.3 Å². The first-order valence-electron chi connectivity index (χ1n) is 13.1. The van der Waals surface area contributed by atoms with E-state index in [-0.39, 0.29) is 39.8 Å². The van der Waals surface area contributed by atoms with Crippen molar-refractivity contribution in [2.45, 2.75) is 32.9 Å². The first-order chi connectivity index (χ1) is 19.7. The number of nitrogens with zero attached hydrogens (tertiary/aromatic N) is 3. The number of amides is 2. The molecule has 0 bridgehead atoms. The van der Waals surface area contributed by atoms with E-state index >= 15 is 0 Å². The fourth-order valence-corrected chi connectivity index (χ4v) is 6.96. The summed E-state index contributed by atoms with van der Waals surface area (Å²) in [5, 5.41) is 0.412. The van der Waals surface area contributed by atoms with E-state index in [1.54, 1.807) is 48.2 Å². The van der Waals surface area contributed by atoms with Crippen LogP contribution in [0.15, 0.2) is 82.0 Å². The van der Waals surface area contributed by atoms with Crippen LogP contribution in [0.2, 0.25) is 0 Å². The minimum atomic E-state index is -1.86. The van der Waals surface area contributed by atoms with Gasteiger partial charge in [-0.15, -0.1) is 0 Å². The number of para-hydroxylation sites is 2. The Hall–Kier alpha value is -4.89. The highest BCUT2D eigenvalue weighted by atomic mass is 32.1. The molecule has 2 amide bonds. The fourth-order valence-electron chi connectivity index (χ4n) is 5.95. The summed E-state index contributed by atoms with van der Waals surface area (Å²) in [6, 6.07) is 21.7. The summed E-state index contributed by atoms with van der Waals surface area (Å²) < 4.78 is 6.10. The zero-order valence-corrected chi connectivity index (χ0v) is 23.2. The number of fused-ring (bicyclic) bond motifs is 5. The highest BCUT2D eigenvalue weighted by Gasteiger charge is 2.66. The van der Waals surface area contributed by atoms with E-state index in [9.17, 15) is 19.2 Å². The maximum atomic E-state index is 14.9. The van der Waals surface area contributed by atoms with Crippen molar-refractivity contribution >= 4 is 50.7 Å². The number of benzene rings is 3. The lowest BCUT2D eigenvalue weighted by Gasteiger charge is -2.32. The average Bonchev–Trinajstić information content (AvgIpc) is 3.55. The number of carbonyl (C=O) groups is 3. The van der Waals surface area contributed by atoms with Gasteiger partial charge in [-0.2, -0.15) is 0 Å². The molecule has 2 aliphatic heterocycles. The van der Waals surface area contributed by atoms with Gasteiger partial charge in [-0.3, -0.25) is 24.1 Å². The van der Waals surface area contributed by atoms with Gasteiger partial charge in [0.1, 0.15) is 5.58 Å². The summed E-state index contributed by atoms with van der Waals surface area (Å²) >= 11 is 1.02. The minimum Gasteiger partial charge on any atom is -0.450 e. The average molecular weight is 562 g/mol. The highest BCUT2D eigenvalue weighted by molar-refractivity contribution is 7.17. The second kappa shape index (κ2) is 8.81. The van der Waals surface area contributed by atoms with Gasteiger partial charge >= 0.3 is 0 Å². The molecule has 202 valence electrons. The molecule has 9 heteroatoms. The van der Waals surface area contributed by atoms with E-state index in [0.29, 0.717) is 21.8 Å². The molecule has 8 nitrogen and oxygen atoms in total.